The van der Waals surface area contributed by atoms with Gasteiger partial charge in [-0.05, 0) is 30.9 Å². The molecule has 0 fully saturated rings. The minimum Gasteiger partial charge on any atom is -0.307 e. The van der Waals surface area contributed by atoms with Crippen molar-refractivity contribution in [3.63, 3.8) is 0 Å². The molecule has 0 heterocycles. The summed E-state index contributed by atoms with van der Waals surface area (Å²) < 4.78 is 0. The van der Waals surface area contributed by atoms with Crippen LogP contribution in [0.3, 0.4) is 0 Å². The van der Waals surface area contributed by atoms with Gasteiger partial charge in [0.2, 0.25) is 0 Å². The van der Waals surface area contributed by atoms with E-state index in [4.69, 9.17) is 11.6 Å². The fraction of sp³-hybridized carbons (Fsp3) is 0.571. The van der Waals surface area contributed by atoms with Crippen LogP contribution in [0.15, 0.2) is 24.3 Å². The predicted molar refractivity (Wildman–Crippen MR) is 71.9 cm³/mol. The van der Waals surface area contributed by atoms with Gasteiger partial charge in [0, 0.05) is 17.1 Å². The first-order chi connectivity index (χ1) is 7.67. The predicted octanol–water partition coefficient (Wildman–Crippen LogP) is 4.40. The smallest absolute Gasteiger partial charge is 0.0450 e. The molecule has 0 saturated heterocycles. The van der Waals surface area contributed by atoms with E-state index in [1.807, 2.05) is 18.2 Å². The van der Waals surface area contributed by atoms with E-state index in [-0.39, 0.29) is 5.54 Å². The van der Waals surface area contributed by atoms with E-state index in [2.05, 4.69) is 32.2 Å². The molecular formula is C14H22ClN. The first kappa shape index (κ1) is 13.5. The van der Waals surface area contributed by atoms with E-state index < -0.39 is 0 Å². The third kappa shape index (κ3) is 3.23. The van der Waals surface area contributed by atoms with Gasteiger partial charge in [-0.1, -0.05) is 50.6 Å². The molecule has 16 heavy (non-hydrogen) atoms. The Morgan fingerprint density at radius 2 is 1.62 bits per heavy atom. The molecule has 0 bridgehead atoms. The lowest BCUT2D eigenvalue weighted by atomic mass is 9.89. The van der Waals surface area contributed by atoms with Crippen LogP contribution in [0.5, 0.6) is 0 Å². The number of rotatable bonds is 6. The second-order valence-corrected chi connectivity index (χ2v) is 4.69. The SMILES string of the molecule is CCC(CC)(CC)NCc1ccccc1Cl. The van der Waals surface area contributed by atoms with Gasteiger partial charge >= 0.3 is 0 Å². The lowest BCUT2D eigenvalue weighted by molar-refractivity contribution is 0.288. The van der Waals surface area contributed by atoms with Crippen LogP contribution in [0, 0.1) is 0 Å². The van der Waals surface area contributed by atoms with Crippen LogP contribution in [0.25, 0.3) is 0 Å². The van der Waals surface area contributed by atoms with Crippen molar-refractivity contribution in [3.8, 4) is 0 Å². The molecular weight excluding hydrogens is 218 g/mol. The van der Waals surface area contributed by atoms with Gasteiger partial charge in [0.15, 0.2) is 0 Å². The molecule has 0 saturated carbocycles. The molecule has 1 N–H and O–H groups in total. The van der Waals surface area contributed by atoms with E-state index in [0.29, 0.717) is 0 Å². The zero-order valence-corrected chi connectivity index (χ0v) is 11.3. The number of nitrogens with one attached hydrogen (secondary N) is 1. The van der Waals surface area contributed by atoms with E-state index in [0.717, 1.165) is 30.8 Å². The molecule has 0 atom stereocenters. The third-order valence-corrected chi connectivity index (χ3v) is 4.01. The van der Waals surface area contributed by atoms with Gasteiger partial charge in [-0.2, -0.15) is 0 Å². The van der Waals surface area contributed by atoms with Crippen molar-refractivity contribution < 1.29 is 0 Å². The summed E-state index contributed by atoms with van der Waals surface area (Å²) in [5.41, 5.74) is 1.45. The van der Waals surface area contributed by atoms with Crippen LogP contribution in [0.2, 0.25) is 5.02 Å². The number of benzene rings is 1. The van der Waals surface area contributed by atoms with E-state index in [1.165, 1.54) is 5.56 Å². The number of halogens is 1. The first-order valence-electron chi connectivity index (χ1n) is 6.16. The molecule has 0 aliphatic carbocycles. The van der Waals surface area contributed by atoms with Gasteiger partial charge in [-0.25, -0.2) is 0 Å². The minimum atomic E-state index is 0.263. The molecule has 0 aliphatic heterocycles. The molecule has 1 rings (SSSR count). The van der Waals surface area contributed by atoms with Crippen LogP contribution in [0.1, 0.15) is 45.6 Å². The van der Waals surface area contributed by atoms with Gasteiger partial charge in [-0.3, -0.25) is 0 Å². The van der Waals surface area contributed by atoms with Crippen molar-refractivity contribution in [1.29, 1.82) is 0 Å². The zero-order valence-electron chi connectivity index (χ0n) is 10.5. The van der Waals surface area contributed by atoms with Crippen molar-refractivity contribution in [3.05, 3.63) is 34.9 Å². The topological polar surface area (TPSA) is 12.0 Å². The maximum Gasteiger partial charge on any atom is 0.0450 e. The standard InChI is InChI=1S/C14H22ClN/c1-4-14(5-2,6-3)16-11-12-9-7-8-10-13(12)15/h7-10,16H,4-6,11H2,1-3H3. The van der Waals surface area contributed by atoms with Gasteiger partial charge in [0.05, 0.1) is 0 Å². The highest BCUT2D eigenvalue weighted by atomic mass is 35.5. The van der Waals surface area contributed by atoms with Gasteiger partial charge in [0.25, 0.3) is 0 Å². The highest BCUT2D eigenvalue weighted by Crippen LogP contribution is 2.21. The molecule has 1 aromatic rings. The summed E-state index contributed by atoms with van der Waals surface area (Å²) in [5.74, 6) is 0. The van der Waals surface area contributed by atoms with Crippen molar-refractivity contribution in [2.45, 2.75) is 52.1 Å². The maximum atomic E-state index is 6.14. The Kier molecular flexibility index (Phi) is 5.30. The molecule has 1 aromatic carbocycles. The highest BCUT2D eigenvalue weighted by Gasteiger charge is 2.22. The molecule has 0 radical (unpaired) electrons. The fourth-order valence-electron chi connectivity index (χ4n) is 2.05. The van der Waals surface area contributed by atoms with E-state index >= 15 is 0 Å². The second-order valence-electron chi connectivity index (χ2n) is 4.29. The van der Waals surface area contributed by atoms with Crippen LogP contribution < -0.4 is 5.32 Å². The molecule has 0 spiro atoms. The quantitative estimate of drug-likeness (QED) is 0.776. The van der Waals surface area contributed by atoms with Crippen LogP contribution in [-0.2, 0) is 6.54 Å². The molecule has 0 aromatic heterocycles. The number of hydrogen-bond acceptors (Lipinski definition) is 1. The molecule has 0 unspecified atom stereocenters. The summed E-state index contributed by atoms with van der Waals surface area (Å²) in [5, 5.41) is 4.51. The normalized spacial score (nSPS) is 11.8. The third-order valence-electron chi connectivity index (χ3n) is 3.64. The van der Waals surface area contributed by atoms with Crippen LogP contribution >= 0.6 is 11.6 Å². The van der Waals surface area contributed by atoms with Crippen LogP contribution in [-0.4, -0.2) is 5.54 Å². The fourth-order valence-corrected chi connectivity index (χ4v) is 2.25. The van der Waals surface area contributed by atoms with Crippen LogP contribution in [0.4, 0.5) is 0 Å². The highest BCUT2D eigenvalue weighted by molar-refractivity contribution is 6.31. The van der Waals surface area contributed by atoms with Crippen molar-refractivity contribution >= 4 is 11.6 Å². The largest absolute Gasteiger partial charge is 0.307 e. The lowest BCUT2D eigenvalue weighted by Gasteiger charge is -2.32. The van der Waals surface area contributed by atoms with Gasteiger partial charge in [-0.15, -0.1) is 0 Å². The van der Waals surface area contributed by atoms with Gasteiger partial charge in [0.1, 0.15) is 0 Å². The Hall–Kier alpha value is -0.530. The zero-order chi connectivity index (χ0) is 12.0. The summed E-state index contributed by atoms with van der Waals surface area (Å²) in [6.45, 7) is 7.58. The van der Waals surface area contributed by atoms with E-state index in [1.54, 1.807) is 0 Å². The summed E-state index contributed by atoms with van der Waals surface area (Å²) in [7, 11) is 0. The molecule has 90 valence electrons. The number of hydrogen-bond donors (Lipinski definition) is 1. The van der Waals surface area contributed by atoms with Crippen molar-refractivity contribution in [2.75, 3.05) is 0 Å². The molecule has 2 heteroatoms. The Labute approximate surface area is 104 Å². The molecule has 0 amide bonds. The summed E-state index contributed by atoms with van der Waals surface area (Å²) in [4.78, 5) is 0. The lowest BCUT2D eigenvalue weighted by Crippen LogP contribution is -2.43. The minimum absolute atomic E-state index is 0.263. The van der Waals surface area contributed by atoms with Gasteiger partial charge < -0.3 is 5.32 Å². The van der Waals surface area contributed by atoms with Crippen molar-refractivity contribution in [1.82, 2.24) is 5.32 Å². The van der Waals surface area contributed by atoms with Crippen molar-refractivity contribution in [2.24, 2.45) is 0 Å². The Morgan fingerprint density at radius 3 is 2.12 bits per heavy atom. The Bertz CT molecular complexity index is 310. The average molecular weight is 240 g/mol. The average Bonchev–Trinajstić information content (AvgIpc) is 2.34. The maximum absolute atomic E-state index is 6.14. The Balaban J connectivity index is 2.66. The summed E-state index contributed by atoms with van der Waals surface area (Å²) in [6.07, 6.45) is 3.47. The van der Waals surface area contributed by atoms with E-state index in [9.17, 15) is 0 Å². The molecule has 0 aliphatic rings. The second kappa shape index (κ2) is 6.27. The summed E-state index contributed by atoms with van der Waals surface area (Å²) in [6, 6.07) is 8.04. The first-order valence-corrected chi connectivity index (χ1v) is 6.53. The Morgan fingerprint density at radius 1 is 1.06 bits per heavy atom. The monoisotopic (exact) mass is 239 g/mol. The summed E-state index contributed by atoms with van der Waals surface area (Å²) >= 11 is 6.14. The molecule has 1 nitrogen and oxygen atoms in total.